The van der Waals surface area contributed by atoms with E-state index in [0.29, 0.717) is 0 Å². The van der Waals surface area contributed by atoms with Crippen LogP contribution in [0.15, 0.2) is 47.0 Å². The number of para-hydroxylation sites is 1. The number of fused-ring (bicyclic) bond motifs is 5. The molecule has 0 N–H and O–H groups in total. The maximum Gasteiger partial charge on any atom is 0.330 e. The Hall–Kier alpha value is -2.55. The lowest BCUT2D eigenvalue weighted by molar-refractivity contribution is -0.677. The topological polar surface area (TPSA) is 21.9 Å². The van der Waals surface area contributed by atoms with Gasteiger partial charge in [0, 0.05) is 21.8 Å². The molecule has 0 spiro atoms. The Balaban J connectivity index is 2.09. The number of hydrogen-bond donors (Lipinski definition) is 0. The number of aromatic nitrogens is 2. The molecule has 0 unspecified atom stereocenters. The third kappa shape index (κ3) is 2.19. The summed E-state index contributed by atoms with van der Waals surface area (Å²) >= 11 is 0. The summed E-state index contributed by atoms with van der Waals surface area (Å²) in [4.78, 5) is 0. The van der Waals surface area contributed by atoms with Gasteiger partial charge in [0.2, 0.25) is 5.58 Å². The van der Waals surface area contributed by atoms with Gasteiger partial charge in [0.25, 0.3) is 0 Å². The molecule has 3 aromatic heterocycles. The molecule has 0 amide bonds. The van der Waals surface area contributed by atoms with Crippen LogP contribution < -0.4 is 4.57 Å². The standard InChI is InChI=1S/C25H29N2O/c1-16-10-9-15-27(16)23-21-19(17-11-7-8-12-18(17)28-21)20-22(26(23)6)25(4,5)14-13-24(20,2)3/h7-12,15H,13-14H2,1-6H3/q+1. The molecule has 28 heavy (non-hydrogen) atoms. The average Bonchev–Trinajstić information content (AvgIpc) is 3.22. The van der Waals surface area contributed by atoms with Crippen LogP contribution in [0.1, 0.15) is 57.5 Å². The van der Waals surface area contributed by atoms with Crippen molar-refractivity contribution in [2.45, 2.75) is 58.3 Å². The summed E-state index contributed by atoms with van der Waals surface area (Å²) in [5, 5.41) is 2.52. The monoisotopic (exact) mass is 373 g/mol. The van der Waals surface area contributed by atoms with Gasteiger partial charge in [0.15, 0.2) is 0 Å². The Kier molecular flexibility index (Phi) is 3.44. The van der Waals surface area contributed by atoms with Gasteiger partial charge in [-0.2, -0.15) is 0 Å². The highest BCUT2D eigenvalue weighted by molar-refractivity contribution is 6.09. The van der Waals surface area contributed by atoms with Crippen molar-refractivity contribution in [3.05, 3.63) is 59.5 Å². The van der Waals surface area contributed by atoms with Gasteiger partial charge in [0.05, 0.1) is 13.2 Å². The van der Waals surface area contributed by atoms with Gasteiger partial charge in [-0.15, -0.1) is 0 Å². The molecule has 3 nitrogen and oxygen atoms in total. The van der Waals surface area contributed by atoms with Gasteiger partial charge in [-0.25, -0.2) is 9.13 Å². The van der Waals surface area contributed by atoms with Crippen LogP contribution in [0, 0.1) is 6.92 Å². The predicted molar refractivity (Wildman–Crippen MR) is 114 cm³/mol. The number of pyridine rings is 1. The molecule has 0 saturated carbocycles. The lowest BCUT2D eigenvalue weighted by Gasteiger charge is -2.41. The van der Waals surface area contributed by atoms with Gasteiger partial charge in [-0.3, -0.25) is 0 Å². The van der Waals surface area contributed by atoms with Gasteiger partial charge in [0.1, 0.15) is 17.0 Å². The van der Waals surface area contributed by atoms with Crippen LogP contribution in [0.4, 0.5) is 0 Å². The van der Waals surface area contributed by atoms with Gasteiger partial charge >= 0.3 is 5.82 Å². The highest BCUT2D eigenvalue weighted by Crippen LogP contribution is 2.49. The fraction of sp³-hybridized carbons (Fsp3) is 0.400. The maximum atomic E-state index is 6.53. The van der Waals surface area contributed by atoms with Crippen LogP contribution in [-0.2, 0) is 17.9 Å². The number of hydrogen-bond acceptors (Lipinski definition) is 1. The molecule has 3 heterocycles. The van der Waals surface area contributed by atoms with Gasteiger partial charge < -0.3 is 4.42 Å². The van der Waals surface area contributed by atoms with E-state index in [1.807, 2.05) is 0 Å². The Morgan fingerprint density at radius 1 is 0.964 bits per heavy atom. The van der Waals surface area contributed by atoms with E-state index in [2.05, 4.69) is 93.4 Å². The van der Waals surface area contributed by atoms with Crippen molar-refractivity contribution < 1.29 is 8.98 Å². The normalized spacial score (nSPS) is 17.9. The fourth-order valence-electron chi connectivity index (χ4n) is 5.29. The largest absolute Gasteiger partial charge is 0.447 e. The molecule has 1 aromatic carbocycles. The molecular formula is C25H29N2O+. The third-order valence-electron chi connectivity index (χ3n) is 6.81. The Morgan fingerprint density at radius 3 is 2.39 bits per heavy atom. The maximum absolute atomic E-state index is 6.53. The quantitative estimate of drug-likeness (QED) is 0.383. The molecular weight excluding hydrogens is 344 g/mol. The predicted octanol–water partition coefficient (Wildman–Crippen LogP) is 5.86. The first-order chi connectivity index (χ1) is 13.2. The van der Waals surface area contributed by atoms with Crippen molar-refractivity contribution in [1.29, 1.82) is 0 Å². The van der Waals surface area contributed by atoms with E-state index in [1.165, 1.54) is 40.6 Å². The molecule has 5 rings (SSSR count). The molecule has 1 aliphatic carbocycles. The summed E-state index contributed by atoms with van der Waals surface area (Å²) in [7, 11) is 2.21. The molecule has 0 atom stereocenters. The number of furan rings is 1. The second kappa shape index (κ2) is 5.50. The Morgan fingerprint density at radius 2 is 1.68 bits per heavy atom. The fourth-order valence-corrected chi connectivity index (χ4v) is 5.29. The van der Waals surface area contributed by atoms with Crippen molar-refractivity contribution in [3.63, 3.8) is 0 Å². The van der Waals surface area contributed by atoms with Crippen molar-refractivity contribution >= 4 is 21.9 Å². The molecule has 0 saturated heterocycles. The number of rotatable bonds is 1. The molecule has 144 valence electrons. The third-order valence-corrected chi connectivity index (χ3v) is 6.81. The first kappa shape index (κ1) is 17.5. The molecule has 0 radical (unpaired) electrons. The lowest BCUT2D eigenvalue weighted by Crippen LogP contribution is -2.50. The minimum absolute atomic E-state index is 0.109. The zero-order valence-electron chi connectivity index (χ0n) is 17.8. The van der Waals surface area contributed by atoms with E-state index in [1.54, 1.807) is 0 Å². The molecule has 4 aromatic rings. The van der Waals surface area contributed by atoms with Crippen LogP contribution >= 0.6 is 0 Å². The van der Waals surface area contributed by atoms with Crippen LogP contribution in [0.5, 0.6) is 0 Å². The van der Waals surface area contributed by atoms with Crippen molar-refractivity contribution in [1.82, 2.24) is 4.57 Å². The first-order valence-electron chi connectivity index (χ1n) is 10.2. The van der Waals surface area contributed by atoms with Crippen LogP contribution in [0.2, 0.25) is 0 Å². The minimum atomic E-state index is 0.109. The summed E-state index contributed by atoms with van der Waals surface area (Å²) in [5.41, 5.74) is 6.29. The van der Waals surface area contributed by atoms with Gasteiger partial charge in [-0.1, -0.05) is 45.9 Å². The van der Waals surface area contributed by atoms with E-state index in [-0.39, 0.29) is 10.8 Å². The van der Waals surface area contributed by atoms with Gasteiger partial charge in [-0.05, 0) is 43.4 Å². The highest BCUT2D eigenvalue weighted by atomic mass is 16.3. The van der Waals surface area contributed by atoms with Crippen LogP contribution in [-0.4, -0.2) is 4.57 Å². The Bertz CT molecular complexity index is 1240. The van der Waals surface area contributed by atoms with Crippen LogP contribution in [0.3, 0.4) is 0 Å². The zero-order valence-corrected chi connectivity index (χ0v) is 17.8. The molecule has 0 bridgehead atoms. The summed E-state index contributed by atoms with van der Waals surface area (Å²) < 4.78 is 11.2. The minimum Gasteiger partial charge on any atom is -0.447 e. The molecule has 3 heteroatoms. The second-order valence-corrected chi connectivity index (χ2v) is 9.70. The van der Waals surface area contributed by atoms with Crippen molar-refractivity contribution in [2.75, 3.05) is 0 Å². The first-order valence-corrected chi connectivity index (χ1v) is 10.2. The molecule has 0 aliphatic heterocycles. The summed E-state index contributed by atoms with van der Waals surface area (Å²) in [6.07, 6.45) is 4.51. The second-order valence-electron chi connectivity index (χ2n) is 9.70. The lowest BCUT2D eigenvalue weighted by atomic mass is 9.64. The number of aryl methyl sites for hydroxylation is 1. The van der Waals surface area contributed by atoms with E-state index in [0.717, 1.165) is 17.0 Å². The van der Waals surface area contributed by atoms with Crippen LogP contribution in [0.25, 0.3) is 27.8 Å². The van der Waals surface area contributed by atoms with Crippen molar-refractivity contribution in [3.8, 4) is 5.82 Å². The average molecular weight is 374 g/mol. The molecule has 1 aliphatic rings. The van der Waals surface area contributed by atoms with E-state index in [9.17, 15) is 0 Å². The summed E-state index contributed by atoms with van der Waals surface area (Å²) in [5.74, 6) is 1.12. The smallest absolute Gasteiger partial charge is 0.330 e. The zero-order chi connectivity index (χ0) is 19.8. The summed E-state index contributed by atoms with van der Waals surface area (Å²) in [6, 6.07) is 12.8. The highest BCUT2D eigenvalue weighted by Gasteiger charge is 2.45. The van der Waals surface area contributed by atoms with E-state index < -0.39 is 0 Å². The molecule has 0 fully saturated rings. The Labute approximate surface area is 166 Å². The van der Waals surface area contributed by atoms with E-state index in [4.69, 9.17) is 4.42 Å². The SMILES string of the molecule is Cc1cccn1-c1c2oc3ccccc3c2c2c([n+]1C)C(C)(C)CCC2(C)C. The number of nitrogens with zero attached hydrogens (tertiary/aromatic N) is 2. The number of benzene rings is 1. The summed E-state index contributed by atoms with van der Waals surface area (Å²) in [6.45, 7) is 11.7. The van der Waals surface area contributed by atoms with E-state index >= 15 is 0 Å². The van der Waals surface area contributed by atoms with Crippen molar-refractivity contribution in [2.24, 2.45) is 7.05 Å².